The molecule has 0 aliphatic rings. The Morgan fingerprint density at radius 3 is 2.93 bits per heavy atom. The lowest BCUT2D eigenvalue weighted by Crippen LogP contribution is -1.86. The Morgan fingerprint density at radius 1 is 1.36 bits per heavy atom. The van der Waals surface area contributed by atoms with Gasteiger partial charge in [0.05, 0.1) is 29.4 Å². The van der Waals surface area contributed by atoms with Crippen LogP contribution in [0.25, 0.3) is 0 Å². The molecule has 0 saturated heterocycles. The lowest BCUT2D eigenvalue weighted by molar-refractivity contribution is 0.565. The second kappa shape index (κ2) is 4.19. The van der Waals surface area contributed by atoms with Crippen molar-refractivity contribution < 1.29 is 4.42 Å². The molecule has 72 valence electrons. The van der Waals surface area contributed by atoms with Crippen molar-refractivity contribution in [1.29, 1.82) is 0 Å². The molecule has 0 aromatic carbocycles. The van der Waals surface area contributed by atoms with E-state index in [1.54, 1.807) is 30.5 Å². The summed E-state index contributed by atoms with van der Waals surface area (Å²) >= 11 is 1.66. The number of aromatic nitrogens is 1. The zero-order valence-corrected chi connectivity index (χ0v) is 8.33. The smallest absolute Gasteiger partial charge is 0.0964 e. The molecule has 14 heavy (non-hydrogen) atoms. The van der Waals surface area contributed by atoms with Gasteiger partial charge in [-0.25, -0.2) is 4.98 Å². The summed E-state index contributed by atoms with van der Waals surface area (Å²) in [7, 11) is 0. The Hall–Kier alpha value is -1.42. The summed E-state index contributed by atoms with van der Waals surface area (Å²) in [4.78, 5) is 4.19. The van der Waals surface area contributed by atoms with Crippen LogP contribution in [0.3, 0.4) is 0 Å². The molecule has 0 unspecified atom stereocenters. The first-order valence-electron chi connectivity index (χ1n) is 4.20. The SMILES string of the molecule is Nc1ccc(SCc2ccoc2)nc1. The van der Waals surface area contributed by atoms with Crippen LogP contribution in [0.4, 0.5) is 5.69 Å². The number of hydrogen-bond donors (Lipinski definition) is 1. The van der Waals surface area contributed by atoms with Gasteiger partial charge in [-0.1, -0.05) is 0 Å². The van der Waals surface area contributed by atoms with Gasteiger partial charge in [0, 0.05) is 11.3 Å². The Balaban J connectivity index is 1.95. The van der Waals surface area contributed by atoms with Gasteiger partial charge >= 0.3 is 0 Å². The number of rotatable bonds is 3. The topological polar surface area (TPSA) is 52.0 Å². The van der Waals surface area contributed by atoms with E-state index in [9.17, 15) is 0 Å². The van der Waals surface area contributed by atoms with E-state index in [0.717, 1.165) is 16.3 Å². The molecule has 2 aromatic rings. The van der Waals surface area contributed by atoms with Crippen LogP contribution in [0, 0.1) is 0 Å². The predicted molar refractivity (Wildman–Crippen MR) is 56.9 cm³/mol. The monoisotopic (exact) mass is 206 g/mol. The molecular formula is C10H10N2OS. The van der Waals surface area contributed by atoms with Crippen molar-refractivity contribution in [3.8, 4) is 0 Å². The van der Waals surface area contributed by atoms with Gasteiger partial charge in [-0.15, -0.1) is 11.8 Å². The van der Waals surface area contributed by atoms with E-state index in [1.807, 2.05) is 18.2 Å². The van der Waals surface area contributed by atoms with Gasteiger partial charge in [0.15, 0.2) is 0 Å². The largest absolute Gasteiger partial charge is 0.472 e. The predicted octanol–water partition coefficient (Wildman–Crippen LogP) is 2.55. The number of pyridine rings is 1. The molecular weight excluding hydrogens is 196 g/mol. The minimum atomic E-state index is 0.692. The molecule has 0 bridgehead atoms. The third-order valence-corrected chi connectivity index (χ3v) is 2.74. The maximum absolute atomic E-state index is 5.53. The summed E-state index contributed by atoms with van der Waals surface area (Å²) < 4.78 is 4.97. The first kappa shape index (κ1) is 9.15. The molecule has 4 heteroatoms. The third kappa shape index (κ3) is 2.29. The van der Waals surface area contributed by atoms with E-state index < -0.39 is 0 Å². The Bertz CT molecular complexity index is 383. The highest BCUT2D eigenvalue weighted by molar-refractivity contribution is 7.98. The van der Waals surface area contributed by atoms with Gasteiger partial charge in [0.1, 0.15) is 0 Å². The number of nitrogens with two attached hydrogens (primary N) is 1. The Labute approximate surface area is 86.3 Å². The molecule has 0 fully saturated rings. The Kier molecular flexibility index (Phi) is 2.74. The lowest BCUT2D eigenvalue weighted by Gasteiger charge is -1.98. The van der Waals surface area contributed by atoms with Crippen molar-refractivity contribution >= 4 is 17.4 Å². The van der Waals surface area contributed by atoms with E-state index in [0.29, 0.717) is 5.69 Å². The Morgan fingerprint density at radius 2 is 2.29 bits per heavy atom. The lowest BCUT2D eigenvalue weighted by atomic mass is 10.4. The van der Waals surface area contributed by atoms with Crippen LogP contribution in [0.5, 0.6) is 0 Å². The highest BCUT2D eigenvalue weighted by Crippen LogP contribution is 2.21. The van der Waals surface area contributed by atoms with Gasteiger partial charge in [-0.05, 0) is 18.2 Å². The van der Waals surface area contributed by atoms with E-state index >= 15 is 0 Å². The fourth-order valence-corrected chi connectivity index (χ4v) is 1.78. The van der Waals surface area contributed by atoms with Crippen molar-refractivity contribution in [1.82, 2.24) is 4.98 Å². The fourth-order valence-electron chi connectivity index (χ4n) is 1.01. The number of hydrogen-bond acceptors (Lipinski definition) is 4. The zero-order valence-electron chi connectivity index (χ0n) is 7.51. The highest BCUT2D eigenvalue weighted by atomic mass is 32.2. The van der Waals surface area contributed by atoms with Crippen LogP contribution in [0.15, 0.2) is 46.4 Å². The van der Waals surface area contributed by atoms with Gasteiger partial charge < -0.3 is 10.2 Å². The number of nitrogen functional groups attached to an aromatic ring is 1. The van der Waals surface area contributed by atoms with Crippen LogP contribution >= 0.6 is 11.8 Å². The molecule has 2 heterocycles. The molecule has 0 aliphatic heterocycles. The molecule has 0 spiro atoms. The molecule has 0 aliphatic carbocycles. The van der Waals surface area contributed by atoms with Gasteiger partial charge in [-0.3, -0.25) is 0 Å². The summed E-state index contributed by atoms with van der Waals surface area (Å²) in [6.45, 7) is 0. The van der Waals surface area contributed by atoms with Crippen LogP contribution in [0.2, 0.25) is 0 Å². The van der Waals surface area contributed by atoms with E-state index in [2.05, 4.69) is 4.98 Å². The minimum Gasteiger partial charge on any atom is -0.472 e. The normalized spacial score (nSPS) is 10.3. The molecule has 0 amide bonds. The second-order valence-corrected chi connectivity index (χ2v) is 3.85. The number of thioether (sulfide) groups is 1. The van der Waals surface area contributed by atoms with Crippen LogP contribution in [-0.2, 0) is 5.75 Å². The summed E-state index contributed by atoms with van der Waals surface area (Å²) in [5, 5.41) is 0.973. The highest BCUT2D eigenvalue weighted by Gasteiger charge is 1.98. The van der Waals surface area contributed by atoms with E-state index in [-0.39, 0.29) is 0 Å². The van der Waals surface area contributed by atoms with Crippen molar-refractivity contribution in [3.63, 3.8) is 0 Å². The maximum Gasteiger partial charge on any atom is 0.0964 e. The van der Waals surface area contributed by atoms with Crippen molar-refractivity contribution in [2.75, 3.05) is 5.73 Å². The first-order valence-corrected chi connectivity index (χ1v) is 5.18. The van der Waals surface area contributed by atoms with Gasteiger partial charge in [0.25, 0.3) is 0 Å². The first-order chi connectivity index (χ1) is 6.84. The molecule has 3 nitrogen and oxygen atoms in total. The van der Waals surface area contributed by atoms with Gasteiger partial charge in [-0.2, -0.15) is 0 Å². The summed E-state index contributed by atoms with van der Waals surface area (Å²) in [5.41, 5.74) is 7.38. The summed E-state index contributed by atoms with van der Waals surface area (Å²) in [5.74, 6) is 0.868. The van der Waals surface area contributed by atoms with Crippen molar-refractivity contribution in [3.05, 3.63) is 42.5 Å². The van der Waals surface area contributed by atoms with Crippen LogP contribution in [0.1, 0.15) is 5.56 Å². The van der Waals surface area contributed by atoms with Crippen LogP contribution in [-0.4, -0.2) is 4.98 Å². The average molecular weight is 206 g/mol. The standard InChI is InChI=1S/C10H10N2OS/c11-9-1-2-10(12-5-9)14-7-8-3-4-13-6-8/h1-6H,7,11H2. The number of nitrogens with zero attached hydrogens (tertiary/aromatic N) is 1. The molecule has 2 rings (SSSR count). The van der Waals surface area contributed by atoms with Crippen molar-refractivity contribution in [2.24, 2.45) is 0 Å². The summed E-state index contributed by atoms with van der Waals surface area (Å²) in [6.07, 6.45) is 5.08. The fraction of sp³-hybridized carbons (Fsp3) is 0.100. The number of anilines is 1. The molecule has 0 radical (unpaired) electrons. The molecule has 2 N–H and O–H groups in total. The van der Waals surface area contributed by atoms with E-state index in [1.165, 1.54) is 0 Å². The summed E-state index contributed by atoms with van der Waals surface area (Å²) in [6, 6.07) is 5.72. The molecule has 0 atom stereocenters. The van der Waals surface area contributed by atoms with E-state index in [4.69, 9.17) is 10.2 Å². The quantitative estimate of drug-likeness (QED) is 0.784. The average Bonchev–Trinajstić information content (AvgIpc) is 2.70. The van der Waals surface area contributed by atoms with Crippen molar-refractivity contribution in [2.45, 2.75) is 10.8 Å². The van der Waals surface area contributed by atoms with Gasteiger partial charge in [0.2, 0.25) is 0 Å². The third-order valence-electron chi connectivity index (χ3n) is 1.73. The molecule has 0 saturated carbocycles. The molecule has 2 aromatic heterocycles. The van der Waals surface area contributed by atoms with Crippen LogP contribution < -0.4 is 5.73 Å². The zero-order chi connectivity index (χ0) is 9.80. The maximum atomic E-state index is 5.53. The second-order valence-electron chi connectivity index (χ2n) is 2.85. The number of furan rings is 1. The minimum absolute atomic E-state index is 0.692.